The van der Waals surface area contributed by atoms with E-state index >= 15 is 0 Å². The molecule has 2 aliphatic heterocycles. The van der Waals surface area contributed by atoms with E-state index in [0.29, 0.717) is 12.3 Å². The second kappa shape index (κ2) is 6.69. The molecule has 0 unspecified atom stereocenters. The van der Waals surface area contributed by atoms with Crippen molar-refractivity contribution in [2.24, 2.45) is 0 Å². The highest BCUT2D eigenvalue weighted by Gasteiger charge is 2.43. The number of ether oxygens (including phenoxy) is 1. The molecule has 2 saturated heterocycles. The highest BCUT2D eigenvalue weighted by Crippen LogP contribution is 2.32. The smallest absolute Gasteiger partial charge is 0.224 e. The molecule has 0 atom stereocenters. The highest BCUT2D eigenvalue weighted by atomic mass is 32.1. The first-order valence-electron chi connectivity index (χ1n) is 8.29. The fourth-order valence-corrected chi connectivity index (χ4v) is 4.78. The predicted molar refractivity (Wildman–Crippen MR) is 89.1 cm³/mol. The molecule has 1 amide bonds. The van der Waals surface area contributed by atoms with E-state index in [0.717, 1.165) is 52.2 Å². The van der Waals surface area contributed by atoms with Crippen LogP contribution in [0.15, 0.2) is 12.1 Å². The first-order chi connectivity index (χ1) is 10.6. The lowest BCUT2D eigenvalue weighted by Crippen LogP contribution is -2.58. The number of hydrogen-bond acceptors (Lipinski definition) is 4. The average molecular weight is 322 g/mol. The van der Waals surface area contributed by atoms with E-state index in [4.69, 9.17) is 4.74 Å². The number of aryl methyl sites for hydroxylation is 1. The Morgan fingerprint density at radius 3 is 2.73 bits per heavy atom. The van der Waals surface area contributed by atoms with Gasteiger partial charge in [-0.2, -0.15) is 0 Å². The normalized spacial score (nSPS) is 23.0. The molecule has 0 saturated carbocycles. The number of likely N-dealkylation sites (N-methyl/N-ethyl adjacent to an activating group) is 1. The Kier molecular flexibility index (Phi) is 4.85. The minimum Gasteiger partial charge on any atom is -0.381 e. The van der Waals surface area contributed by atoms with E-state index in [-0.39, 0.29) is 5.54 Å². The first kappa shape index (κ1) is 16.0. The van der Waals surface area contributed by atoms with Gasteiger partial charge in [0.2, 0.25) is 5.91 Å². The molecule has 3 rings (SSSR count). The van der Waals surface area contributed by atoms with Gasteiger partial charge >= 0.3 is 0 Å². The summed E-state index contributed by atoms with van der Waals surface area (Å²) in [5.41, 5.74) is -0.0209. The van der Waals surface area contributed by atoms with Crippen molar-refractivity contribution in [2.75, 3.05) is 32.8 Å². The number of hydrogen-bond donors (Lipinski definition) is 0. The zero-order valence-electron chi connectivity index (χ0n) is 13.6. The van der Waals surface area contributed by atoms with Crippen molar-refractivity contribution in [3.8, 4) is 0 Å². The van der Waals surface area contributed by atoms with E-state index in [2.05, 4.69) is 35.8 Å². The molecule has 1 aromatic rings. The molecule has 1 aromatic heterocycles. The van der Waals surface area contributed by atoms with Gasteiger partial charge in [0.1, 0.15) is 0 Å². The van der Waals surface area contributed by atoms with Crippen LogP contribution in [-0.2, 0) is 16.1 Å². The molecule has 0 radical (unpaired) electrons. The second-order valence-electron chi connectivity index (χ2n) is 6.45. The van der Waals surface area contributed by atoms with Gasteiger partial charge in [-0.05, 0) is 38.8 Å². The van der Waals surface area contributed by atoms with Gasteiger partial charge in [-0.1, -0.05) is 0 Å². The summed E-state index contributed by atoms with van der Waals surface area (Å²) in [6.45, 7) is 9.43. The highest BCUT2D eigenvalue weighted by molar-refractivity contribution is 7.11. The summed E-state index contributed by atoms with van der Waals surface area (Å²) < 4.78 is 5.57. The summed E-state index contributed by atoms with van der Waals surface area (Å²) in [6.07, 6.45) is 2.57. The van der Waals surface area contributed by atoms with Crippen molar-refractivity contribution in [1.82, 2.24) is 9.80 Å². The van der Waals surface area contributed by atoms with Crippen molar-refractivity contribution < 1.29 is 9.53 Å². The Hall–Kier alpha value is -0.910. The number of carbonyl (C=O) groups is 1. The van der Waals surface area contributed by atoms with E-state index < -0.39 is 0 Å². The number of carbonyl (C=O) groups excluding carboxylic acids is 1. The molecule has 0 N–H and O–H groups in total. The minimum atomic E-state index is -0.0209. The molecule has 0 bridgehead atoms. The second-order valence-corrected chi connectivity index (χ2v) is 7.82. The monoisotopic (exact) mass is 322 g/mol. The lowest BCUT2D eigenvalue weighted by molar-refractivity contribution is -0.140. The number of rotatable bonds is 3. The zero-order valence-corrected chi connectivity index (χ0v) is 14.5. The Labute approximate surface area is 137 Å². The zero-order chi connectivity index (χ0) is 15.6. The van der Waals surface area contributed by atoms with Crippen LogP contribution in [0.25, 0.3) is 0 Å². The van der Waals surface area contributed by atoms with Gasteiger partial charge in [-0.3, -0.25) is 9.69 Å². The Morgan fingerprint density at radius 1 is 1.32 bits per heavy atom. The molecular weight excluding hydrogens is 296 g/mol. The van der Waals surface area contributed by atoms with Crippen LogP contribution in [-0.4, -0.2) is 54.1 Å². The molecule has 2 aliphatic rings. The van der Waals surface area contributed by atoms with Gasteiger partial charge in [0.15, 0.2) is 0 Å². The van der Waals surface area contributed by atoms with E-state index in [1.165, 1.54) is 9.75 Å². The summed E-state index contributed by atoms with van der Waals surface area (Å²) in [4.78, 5) is 20.0. The summed E-state index contributed by atoms with van der Waals surface area (Å²) in [7, 11) is 0. The van der Waals surface area contributed by atoms with Gasteiger partial charge in [0, 0.05) is 55.6 Å². The van der Waals surface area contributed by atoms with Gasteiger partial charge in [0.05, 0.1) is 5.54 Å². The summed E-state index contributed by atoms with van der Waals surface area (Å²) in [6, 6.07) is 4.41. The SMILES string of the molecule is CCN1C(=O)CCN(Cc2ccc(C)s2)CC12CCOCC2. The minimum absolute atomic E-state index is 0.0209. The van der Waals surface area contributed by atoms with Gasteiger partial charge in [0.25, 0.3) is 0 Å². The Bertz CT molecular complexity index is 522. The van der Waals surface area contributed by atoms with Crippen molar-refractivity contribution in [1.29, 1.82) is 0 Å². The number of amides is 1. The molecule has 22 heavy (non-hydrogen) atoms. The van der Waals surface area contributed by atoms with Crippen LogP contribution >= 0.6 is 11.3 Å². The molecule has 0 aromatic carbocycles. The largest absolute Gasteiger partial charge is 0.381 e. The topological polar surface area (TPSA) is 32.8 Å². The van der Waals surface area contributed by atoms with Crippen LogP contribution < -0.4 is 0 Å². The third kappa shape index (κ3) is 3.21. The van der Waals surface area contributed by atoms with Crippen molar-refractivity contribution in [2.45, 2.75) is 45.2 Å². The van der Waals surface area contributed by atoms with Crippen molar-refractivity contribution >= 4 is 17.2 Å². The molecule has 0 aliphatic carbocycles. The van der Waals surface area contributed by atoms with Gasteiger partial charge < -0.3 is 9.64 Å². The Morgan fingerprint density at radius 2 is 2.09 bits per heavy atom. The third-order valence-corrected chi connectivity index (χ3v) is 5.93. The summed E-state index contributed by atoms with van der Waals surface area (Å²) in [5, 5.41) is 0. The van der Waals surface area contributed by atoms with E-state index in [1.54, 1.807) is 0 Å². The van der Waals surface area contributed by atoms with Crippen LogP contribution in [0.4, 0.5) is 0 Å². The predicted octanol–water partition coefficient (Wildman–Crippen LogP) is 2.66. The molecule has 1 spiro atoms. The molecular formula is C17H26N2O2S. The molecule has 122 valence electrons. The number of nitrogens with zero attached hydrogens (tertiary/aromatic N) is 2. The maximum Gasteiger partial charge on any atom is 0.224 e. The molecule has 4 nitrogen and oxygen atoms in total. The molecule has 3 heterocycles. The fraction of sp³-hybridized carbons (Fsp3) is 0.706. The van der Waals surface area contributed by atoms with Crippen LogP contribution in [0, 0.1) is 6.92 Å². The van der Waals surface area contributed by atoms with E-state index in [1.807, 2.05) is 11.3 Å². The lowest BCUT2D eigenvalue weighted by Gasteiger charge is -2.46. The quantitative estimate of drug-likeness (QED) is 0.858. The number of thiophene rings is 1. The van der Waals surface area contributed by atoms with Crippen LogP contribution in [0.5, 0.6) is 0 Å². The van der Waals surface area contributed by atoms with Crippen LogP contribution in [0.3, 0.4) is 0 Å². The van der Waals surface area contributed by atoms with Crippen LogP contribution in [0.2, 0.25) is 0 Å². The van der Waals surface area contributed by atoms with E-state index in [9.17, 15) is 4.79 Å². The van der Waals surface area contributed by atoms with Gasteiger partial charge in [-0.15, -0.1) is 11.3 Å². The maximum atomic E-state index is 12.6. The third-order valence-electron chi connectivity index (χ3n) is 4.95. The van der Waals surface area contributed by atoms with Crippen molar-refractivity contribution in [3.63, 3.8) is 0 Å². The lowest BCUT2D eigenvalue weighted by atomic mass is 9.87. The van der Waals surface area contributed by atoms with Gasteiger partial charge in [-0.25, -0.2) is 0 Å². The average Bonchev–Trinajstić information content (AvgIpc) is 2.86. The first-order valence-corrected chi connectivity index (χ1v) is 9.10. The van der Waals surface area contributed by atoms with Crippen molar-refractivity contribution in [3.05, 3.63) is 21.9 Å². The van der Waals surface area contributed by atoms with Crippen LogP contribution in [0.1, 0.15) is 35.9 Å². The standard InChI is InChI=1S/C17H26N2O2S/c1-3-19-16(20)6-9-18(12-15-5-4-14(2)22-15)13-17(19)7-10-21-11-8-17/h4-5H,3,6-13H2,1-2H3. The fourth-order valence-electron chi connectivity index (χ4n) is 3.85. The summed E-state index contributed by atoms with van der Waals surface area (Å²) >= 11 is 1.87. The Balaban J connectivity index is 1.80. The molecule has 2 fully saturated rings. The molecule has 5 heteroatoms. The summed E-state index contributed by atoms with van der Waals surface area (Å²) in [5.74, 6) is 0.314. The maximum absolute atomic E-state index is 12.6.